The third-order valence-electron chi connectivity index (χ3n) is 12.9. The molecule has 0 N–H and O–H groups in total. The second-order valence-corrected chi connectivity index (χ2v) is 20.6. The summed E-state index contributed by atoms with van der Waals surface area (Å²) in [5.74, 6) is -2.25. The van der Waals surface area contributed by atoms with Gasteiger partial charge in [0.15, 0.2) is 12.4 Å². The van der Waals surface area contributed by atoms with E-state index in [1.807, 2.05) is 21.1 Å². The van der Waals surface area contributed by atoms with E-state index in [0.29, 0.717) is 17.4 Å². The second kappa shape index (κ2) is 48.7. The number of rotatable bonds is 53. The number of nitrogens with zero attached hydrogens (tertiary/aromatic N) is 1. The number of quaternary nitrogens is 1. The average Bonchev–Trinajstić information content (AvgIpc) is 3.27. The van der Waals surface area contributed by atoms with Gasteiger partial charge in [-0.05, 0) is 12.8 Å². The minimum absolute atomic E-state index is 0.153. The van der Waals surface area contributed by atoms with Gasteiger partial charge in [0.25, 0.3) is 0 Å². The predicted octanol–water partition coefficient (Wildman–Crippen LogP) is 14.7. The highest BCUT2D eigenvalue weighted by molar-refractivity contribution is 5.70. The minimum atomic E-state index is -1.61. The lowest BCUT2D eigenvalue weighted by atomic mass is 10.0. The number of aliphatic carboxylic acids is 1. The first kappa shape index (κ1) is 63.3. The van der Waals surface area contributed by atoms with Crippen molar-refractivity contribution in [2.75, 3.05) is 47.5 Å². The van der Waals surface area contributed by atoms with Gasteiger partial charge in [0.1, 0.15) is 13.2 Å². The fourth-order valence-corrected chi connectivity index (χ4v) is 8.48. The van der Waals surface area contributed by atoms with E-state index in [2.05, 4.69) is 13.8 Å². The van der Waals surface area contributed by atoms with Crippen molar-refractivity contribution in [1.82, 2.24) is 0 Å². The molecule has 0 saturated carbocycles. The largest absolute Gasteiger partial charge is 0.545 e. The molecule has 0 rings (SSSR count). The lowest BCUT2D eigenvalue weighted by Crippen LogP contribution is -2.44. The predicted molar refractivity (Wildman–Crippen MR) is 270 cm³/mol. The summed E-state index contributed by atoms with van der Waals surface area (Å²) in [5.41, 5.74) is 0. The van der Waals surface area contributed by atoms with Crippen molar-refractivity contribution in [3.63, 3.8) is 0 Å². The summed E-state index contributed by atoms with van der Waals surface area (Å²) in [6.07, 6.45) is 50.1. The first-order valence-electron chi connectivity index (χ1n) is 28.2. The number of carbonyl (C=O) groups excluding carboxylic acids is 3. The molecule has 9 nitrogen and oxygen atoms in total. The van der Waals surface area contributed by atoms with Gasteiger partial charge < -0.3 is 33.3 Å². The lowest BCUT2D eigenvalue weighted by Gasteiger charge is -2.26. The summed E-state index contributed by atoms with van der Waals surface area (Å²) in [6, 6.07) is 0. The van der Waals surface area contributed by atoms with Gasteiger partial charge in [0.05, 0.1) is 40.3 Å². The van der Waals surface area contributed by atoms with E-state index in [0.717, 1.165) is 38.5 Å². The number of hydrogen-bond acceptors (Lipinski definition) is 8. The zero-order chi connectivity index (χ0) is 47.7. The van der Waals surface area contributed by atoms with Gasteiger partial charge in [-0.25, -0.2) is 0 Å². The molecule has 0 aliphatic heterocycles. The summed E-state index contributed by atoms with van der Waals surface area (Å²) >= 11 is 0. The van der Waals surface area contributed by atoms with Crippen LogP contribution in [0, 0.1) is 0 Å². The van der Waals surface area contributed by atoms with E-state index in [1.54, 1.807) is 0 Å². The Morgan fingerprint density at radius 1 is 0.400 bits per heavy atom. The SMILES string of the molecule is CCCCCCCCCCCCCCCCCCCCCCCCCCCCC(=O)OC(COC(=O)CCCCCCCCCCCCCCCC)COC(OCC[N+](C)(C)C)C(=O)[O-]. The van der Waals surface area contributed by atoms with Crippen molar-refractivity contribution in [3.05, 3.63) is 0 Å². The monoisotopic (exact) mass is 924 g/mol. The number of esters is 2. The Morgan fingerprint density at radius 2 is 0.692 bits per heavy atom. The fraction of sp³-hybridized carbons (Fsp3) is 0.946. The van der Waals surface area contributed by atoms with Crippen LogP contribution in [-0.4, -0.2) is 82.3 Å². The summed E-state index contributed by atoms with van der Waals surface area (Å²) in [6.45, 7) is 4.80. The van der Waals surface area contributed by atoms with Gasteiger partial charge in [-0.1, -0.05) is 258 Å². The lowest BCUT2D eigenvalue weighted by molar-refractivity contribution is -0.870. The van der Waals surface area contributed by atoms with Gasteiger partial charge in [0.2, 0.25) is 0 Å². The molecule has 0 amide bonds. The van der Waals surface area contributed by atoms with Crippen LogP contribution in [0.4, 0.5) is 0 Å². The smallest absolute Gasteiger partial charge is 0.306 e. The average molecular weight is 924 g/mol. The van der Waals surface area contributed by atoms with Gasteiger partial charge in [-0.2, -0.15) is 0 Å². The number of carbonyl (C=O) groups is 3. The molecule has 0 heterocycles. The number of likely N-dealkylation sites (N-methyl/N-ethyl adjacent to an activating group) is 1. The molecule has 386 valence electrons. The third-order valence-corrected chi connectivity index (χ3v) is 12.9. The first-order valence-corrected chi connectivity index (χ1v) is 28.2. The second-order valence-electron chi connectivity index (χ2n) is 20.6. The first-order chi connectivity index (χ1) is 31.6. The fourth-order valence-electron chi connectivity index (χ4n) is 8.48. The van der Waals surface area contributed by atoms with Gasteiger partial charge >= 0.3 is 11.9 Å². The maximum Gasteiger partial charge on any atom is 0.306 e. The zero-order valence-corrected chi connectivity index (χ0v) is 43.9. The number of carboxylic acids is 1. The molecule has 65 heavy (non-hydrogen) atoms. The van der Waals surface area contributed by atoms with Crippen LogP contribution in [0.5, 0.6) is 0 Å². The molecule has 0 bridgehead atoms. The Balaban J connectivity index is 4.15. The van der Waals surface area contributed by atoms with Crippen molar-refractivity contribution >= 4 is 17.9 Å². The van der Waals surface area contributed by atoms with Crippen molar-refractivity contribution in [2.45, 2.75) is 296 Å². The van der Waals surface area contributed by atoms with Crippen molar-refractivity contribution < 1.29 is 42.9 Å². The Morgan fingerprint density at radius 3 is 0.985 bits per heavy atom. The summed E-state index contributed by atoms with van der Waals surface area (Å²) in [7, 11) is 5.93. The van der Waals surface area contributed by atoms with E-state index >= 15 is 0 Å². The van der Waals surface area contributed by atoms with Gasteiger partial charge in [-0.15, -0.1) is 0 Å². The van der Waals surface area contributed by atoms with Crippen molar-refractivity contribution in [2.24, 2.45) is 0 Å². The van der Waals surface area contributed by atoms with Crippen LogP contribution in [0.25, 0.3) is 0 Å². The number of unbranched alkanes of at least 4 members (excludes halogenated alkanes) is 38. The van der Waals surface area contributed by atoms with E-state index in [9.17, 15) is 19.5 Å². The molecule has 0 saturated heterocycles. The number of ether oxygens (including phenoxy) is 4. The van der Waals surface area contributed by atoms with Crippen LogP contribution in [0.1, 0.15) is 284 Å². The summed E-state index contributed by atoms with van der Waals surface area (Å²) < 4.78 is 22.7. The standard InChI is InChI=1S/C56H109NO8/c1-6-8-10-12-14-16-18-20-22-23-24-25-26-27-28-29-30-31-32-33-35-37-39-41-43-45-47-54(59)65-52(51-64-56(55(60)61)62-49-48-57(3,4)5)50-63-53(58)46-44-42-40-38-36-34-21-19-17-15-13-11-9-7-2/h52,56H,6-51H2,1-5H3. The molecule has 0 spiro atoms. The van der Waals surface area contributed by atoms with Gasteiger partial charge in [0, 0.05) is 12.8 Å². The molecule has 2 atom stereocenters. The molecule has 0 aromatic rings. The highest BCUT2D eigenvalue weighted by Crippen LogP contribution is 2.18. The number of hydrogen-bond donors (Lipinski definition) is 0. The summed E-state index contributed by atoms with van der Waals surface area (Å²) in [5, 5.41) is 11.7. The van der Waals surface area contributed by atoms with E-state index in [-0.39, 0.29) is 32.2 Å². The molecule has 0 aromatic carbocycles. The normalized spacial score (nSPS) is 12.7. The molecule has 0 radical (unpaired) electrons. The van der Waals surface area contributed by atoms with Crippen LogP contribution in [0.15, 0.2) is 0 Å². The van der Waals surface area contributed by atoms with Crippen molar-refractivity contribution in [3.8, 4) is 0 Å². The minimum Gasteiger partial charge on any atom is -0.545 e. The highest BCUT2D eigenvalue weighted by Gasteiger charge is 2.22. The Hall–Kier alpha value is -1.71. The Labute approximate surface area is 403 Å². The molecule has 0 aromatic heterocycles. The van der Waals surface area contributed by atoms with Crippen LogP contribution in [-0.2, 0) is 33.3 Å². The molecule has 0 fully saturated rings. The van der Waals surface area contributed by atoms with Crippen molar-refractivity contribution in [1.29, 1.82) is 0 Å². The molecule has 2 unspecified atom stereocenters. The van der Waals surface area contributed by atoms with Crippen LogP contribution in [0.3, 0.4) is 0 Å². The third kappa shape index (κ3) is 50.0. The van der Waals surface area contributed by atoms with E-state index in [4.69, 9.17) is 18.9 Å². The van der Waals surface area contributed by atoms with Gasteiger partial charge in [-0.3, -0.25) is 9.59 Å². The Kier molecular flexibility index (Phi) is 47.5. The van der Waals surface area contributed by atoms with E-state index in [1.165, 1.54) is 218 Å². The van der Waals surface area contributed by atoms with E-state index < -0.39 is 24.3 Å². The summed E-state index contributed by atoms with van der Waals surface area (Å²) in [4.78, 5) is 37.2. The molecule has 0 aliphatic carbocycles. The molecular weight excluding hydrogens is 815 g/mol. The Bertz CT molecular complexity index is 1030. The van der Waals surface area contributed by atoms with Crippen LogP contribution < -0.4 is 5.11 Å². The highest BCUT2D eigenvalue weighted by atomic mass is 16.7. The molecule has 0 aliphatic rings. The van der Waals surface area contributed by atoms with Crippen LogP contribution >= 0.6 is 0 Å². The van der Waals surface area contributed by atoms with Crippen LogP contribution in [0.2, 0.25) is 0 Å². The number of carboxylic acid groups (broad SMARTS) is 1. The maximum absolute atomic E-state index is 12.8. The maximum atomic E-state index is 12.8. The molecule has 9 heteroatoms. The topological polar surface area (TPSA) is 111 Å². The molecular formula is C56H109NO8. The quantitative estimate of drug-likeness (QED) is 0.0257. The zero-order valence-electron chi connectivity index (χ0n) is 43.9.